The summed E-state index contributed by atoms with van der Waals surface area (Å²) in [6.07, 6.45) is 26.0. The Hall–Kier alpha value is -5.24. The van der Waals surface area contributed by atoms with Gasteiger partial charge in [-0.1, -0.05) is 297 Å². The largest absolute Gasteiger partial charge is 0.373 e. The van der Waals surface area contributed by atoms with Gasteiger partial charge in [0.2, 0.25) is 0 Å². The number of allylic oxidation sites excluding steroid dienone is 3. The van der Waals surface area contributed by atoms with Gasteiger partial charge in [0.1, 0.15) is 0 Å². The molecule has 0 amide bonds. The Morgan fingerprint density at radius 1 is 0.423 bits per heavy atom. The van der Waals surface area contributed by atoms with Gasteiger partial charge in [0.05, 0.1) is 11.7 Å². The Balaban J connectivity index is -0.000000152. The average molecular weight is 1350 g/mol. The average Bonchev–Trinajstić information content (AvgIpc) is 0.887. The lowest BCUT2D eigenvalue weighted by Gasteiger charge is -2.36. The summed E-state index contributed by atoms with van der Waals surface area (Å²) in [5.41, 5.74) is 10.3. The minimum Gasteiger partial charge on any atom is -0.373 e. The summed E-state index contributed by atoms with van der Waals surface area (Å²) < 4.78 is 5.84. The summed E-state index contributed by atoms with van der Waals surface area (Å²) in [6, 6.07) is 31.5. The Bertz CT molecular complexity index is 2210. The van der Waals surface area contributed by atoms with Crippen LogP contribution in [0, 0.1) is 17.3 Å². The number of aromatic nitrogens is 4. The van der Waals surface area contributed by atoms with E-state index in [-0.39, 0.29) is 53.1 Å². The number of nitrogens with one attached hydrogen (secondary N) is 2. The molecule has 2 atom stereocenters. The zero-order chi connectivity index (χ0) is 75.5. The molecule has 0 saturated heterocycles. The molecule has 0 spiro atoms. The summed E-state index contributed by atoms with van der Waals surface area (Å²) in [6.45, 7) is 84.9. The monoisotopic (exact) mass is 1350 g/mol. The van der Waals surface area contributed by atoms with Crippen LogP contribution in [-0.4, -0.2) is 43.2 Å². The highest BCUT2D eigenvalue weighted by Crippen LogP contribution is 2.34. The second-order valence-corrected chi connectivity index (χ2v) is 30.8. The van der Waals surface area contributed by atoms with Gasteiger partial charge >= 0.3 is 0 Å². The second-order valence-electron chi connectivity index (χ2n) is 30.8. The first kappa shape index (κ1) is 108. The number of rotatable bonds is 4. The van der Waals surface area contributed by atoms with Gasteiger partial charge in [0.25, 0.3) is 0 Å². The molecular formula is C90H166N6O. The van der Waals surface area contributed by atoms with Crippen molar-refractivity contribution < 1.29 is 4.74 Å². The molecule has 2 aliphatic carbocycles. The van der Waals surface area contributed by atoms with E-state index in [0.717, 1.165) is 28.9 Å². The number of pyridine rings is 4. The predicted molar refractivity (Wildman–Crippen MR) is 445 cm³/mol. The highest BCUT2D eigenvalue weighted by molar-refractivity contribution is 5.38. The number of dihydropyridines is 1. The molecule has 4 aromatic heterocycles. The maximum Gasteiger partial charge on any atom is 0.0602 e. The number of hydrogen-bond donors (Lipinski definition) is 2. The maximum absolute atomic E-state index is 5.84. The van der Waals surface area contributed by atoms with Crippen LogP contribution in [0.5, 0.6) is 0 Å². The standard InChI is InChI=1S/C10H15N.C10H21N.C10H20O.C10H14.4C9H13N.6C2H6.2CH4/c1-8-9(10(2,3)4)6-5-7-11-8;2*1-8(9-6-5-7-9)11-10(2,3)4;1-10(2,3)9-7-5-4-6-8-9;1-9(2,3)8-4-6-10-7-5-8;1-9(2,3)8-5-4-6-10-7-8;2*1-9(2,3)8-6-4-5-7-10-8;6*1-2;;/h5-7,11H,1H2,2-4H3;8-9,11H,5-7H2,1-4H3;8-9H,5-7H2,1-4H3;4-8H,1-3H3;4*4-7H,1-3H3;6*1-2H3;2*1H4. The van der Waals surface area contributed by atoms with Crippen LogP contribution >= 0.6 is 0 Å². The lowest BCUT2D eigenvalue weighted by atomic mass is 9.80. The smallest absolute Gasteiger partial charge is 0.0602 e. The lowest BCUT2D eigenvalue weighted by Crippen LogP contribution is -2.47. The molecule has 5 aromatic rings. The van der Waals surface area contributed by atoms with Crippen LogP contribution in [-0.2, 0) is 31.8 Å². The van der Waals surface area contributed by atoms with Crippen molar-refractivity contribution in [3.63, 3.8) is 0 Å². The molecule has 5 heterocycles. The summed E-state index contributed by atoms with van der Waals surface area (Å²) in [5.74, 6) is 1.79. The van der Waals surface area contributed by atoms with Gasteiger partial charge in [0, 0.05) is 82.9 Å². The zero-order valence-electron chi connectivity index (χ0n) is 69.8. The van der Waals surface area contributed by atoms with Crippen LogP contribution in [0.1, 0.15) is 345 Å². The van der Waals surface area contributed by atoms with Crippen LogP contribution in [0.15, 0.2) is 164 Å². The molecule has 1 aliphatic heterocycles. The molecule has 8 rings (SSSR count). The van der Waals surface area contributed by atoms with E-state index in [4.69, 9.17) is 4.74 Å². The quantitative estimate of drug-likeness (QED) is 0.185. The molecule has 2 saturated carbocycles. The molecule has 1 aromatic carbocycles. The molecule has 97 heavy (non-hydrogen) atoms. The van der Waals surface area contributed by atoms with E-state index in [1.807, 2.05) is 157 Å². The van der Waals surface area contributed by atoms with Crippen LogP contribution < -0.4 is 10.6 Å². The van der Waals surface area contributed by atoms with E-state index in [1.165, 1.54) is 60.8 Å². The zero-order valence-corrected chi connectivity index (χ0v) is 69.8. The van der Waals surface area contributed by atoms with E-state index in [2.05, 4.69) is 284 Å². The van der Waals surface area contributed by atoms with E-state index in [9.17, 15) is 0 Å². The third kappa shape index (κ3) is 57.2. The van der Waals surface area contributed by atoms with E-state index in [1.54, 1.807) is 6.20 Å². The Morgan fingerprint density at radius 2 is 0.794 bits per heavy atom. The number of ether oxygens (including phenoxy) is 1. The van der Waals surface area contributed by atoms with Crippen LogP contribution in [0.2, 0.25) is 0 Å². The first-order valence-electron chi connectivity index (χ1n) is 37.0. The molecule has 562 valence electrons. The van der Waals surface area contributed by atoms with Gasteiger partial charge in [-0.05, 0) is 185 Å². The van der Waals surface area contributed by atoms with Gasteiger partial charge in [-0.3, -0.25) is 19.9 Å². The minimum atomic E-state index is 0. The molecule has 7 heteroatoms. The Morgan fingerprint density at radius 3 is 1.02 bits per heavy atom. The topological polar surface area (TPSA) is 84.9 Å². The van der Waals surface area contributed by atoms with Crippen molar-refractivity contribution in [2.75, 3.05) is 0 Å². The number of benzene rings is 1. The second kappa shape index (κ2) is 57.5. The maximum atomic E-state index is 5.84. The summed E-state index contributed by atoms with van der Waals surface area (Å²) in [4.78, 5) is 16.5. The SMILES string of the molecule is C.C.C=C1NC=CC=C1C(C)(C)C.CC.CC.CC.CC.CC.CC.CC(C)(C)c1ccccc1.CC(C)(C)c1ccccn1.CC(C)(C)c1ccccn1.CC(C)(C)c1cccnc1.CC(C)(C)c1ccncc1.CC(NC(C)(C)C)C1CCC1.CC(OC(C)(C)C)C1CCC1. The molecule has 2 fully saturated rings. The predicted octanol–water partition coefficient (Wildman–Crippen LogP) is 28.1. The lowest BCUT2D eigenvalue weighted by molar-refractivity contribution is -0.0899. The van der Waals surface area contributed by atoms with E-state index < -0.39 is 0 Å². The minimum absolute atomic E-state index is 0. The molecular weight excluding hydrogens is 1180 g/mol. The van der Waals surface area contributed by atoms with Gasteiger partial charge in [-0.2, -0.15) is 0 Å². The van der Waals surface area contributed by atoms with E-state index >= 15 is 0 Å². The summed E-state index contributed by atoms with van der Waals surface area (Å²) in [7, 11) is 0. The van der Waals surface area contributed by atoms with Crippen molar-refractivity contribution >= 4 is 0 Å². The fourth-order valence-corrected chi connectivity index (χ4v) is 8.69. The van der Waals surface area contributed by atoms with E-state index in [0.29, 0.717) is 17.6 Å². The molecule has 0 bridgehead atoms. The summed E-state index contributed by atoms with van der Waals surface area (Å²) >= 11 is 0. The molecule has 0 radical (unpaired) electrons. The van der Waals surface area contributed by atoms with Gasteiger partial charge in [0.15, 0.2) is 0 Å². The summed E-state index contributed by atoms with van der Waals surface area (Å²) in [5, 5.41) is 6.72. The molecule has 2 N–H and O–H groups in total. The number of nitrogens with zero attached hydrogens (tertiary/aromatic N) is 4. The highest BCUT2D eigenvalue weighted by Gasteiger charge is 2.28. The van der Waals surface area contributed by atoms with Crippen molar-refractivity contribution in [1.82, 2.24) is 30.6 Å². The van der Waals surface area contributed by atoms with Gasteiger partial charge in [-0.15, -0.1) is 0 Å². The highest BCUT2D eigenvalue weighted by atomic mass is 16.5. The Labute approximate surface area is 608 Å². The molecule has 2 unspecified atom stereocenters. The van der Waals surface area contributed by atoms with Gasteiger partial charge < -0.3 is 15.4 Å². The van der Waals surface area contributed by atoms with Crippen LogP contribution in [0.3, 0.4) is 0 Å². The number of hydrogen-bond acceptors (Lipinski definition) is 7. The Kier molecular flexibility index (Phi) is 63.9. The normalized spacial score (nSPS) is 13.5. The third-order valence-corrected chi connectivity index (χ3v) is 14.2. The van der Waals surface area contributed by atoms with Crippen LogP contribution in [0.25, 0.3) is 0 Å². The van der Waals surface area contributed by atoms with Crippen molar-refractivity contribution in [3.05, 3.63) is 192 Å². The van der Waals surface area contributed by atoms with Gasteiger partial charge in [-0.25, -0.2) is 0 Å². The molecule has 7 nitrogen and oxygen atoms in total. The first-order chi connectivity index (χ1) is 44.0. The third-order valence-electron chi connectivity index (χ3n) is 14.2. The fourth-order valence-electron chi connectivity index (χ4n) is 8.69. The van der Waals surface area contributed by atoms with Crippen molar-refractivity contribution in [3.8, 4) is 0 Å². The van der Waals surface area contributed by atoms with Crippen molar-refractivity contribution in [1.29, 1.82) is 0 Å². The van der Waals surface area contributed by atoms with Crippen molar-refractivity contribution in [2.24, 2.45) is 17.3 Å². The van der Waals surface area contributed by atoms with Crippen molar-refractivity contribution in [2.45, 2.75) is 367 Å². The molecule has 3 aliphatic rings. The fraction of sp³-hybridized carbons (Fsp3) is 0.644. The first-order valence-corrected chi connectivity index (χ1v) is 37.0. The van der Waals surface area contributed by atoms with Crippen LogP contribution in [0.4, 0.5) is 0 Å².